The predicted molar refractivity (Wildman–Crippen MR) is 46.5 cm³/mol. The van der Waals surface area contributed by atoms with E-state index >= 15 is 0 Å². The van der Waals surface area contributed by atoms with Crippen molar-refractivity contribution in [3.8, 4) is 0 Å². The Labute approximate surface area is 132 Å². The van der Waals surface area contributed by atoms with Crippen LogP contribution in [0.1, 0.15) is 0 Å². The summed E-state index contributed by atoms with van der Waals surface area (Å²) in [4.78, 5) is -0.766. The number of rotatable bonds is 2. The minimum Gasteiger partial charge on any atom is -0.445 e. The van der Waals surface area contributed by atoms with E-state index < -0.39 is 33.2 Å². The SMILES string of the molecule is NS(=O)(=O)c1ccc(F)c([B-](F)(F)F)c1.[K+]. The van der Waals surface area contributed by atoms with E-state index in [9.17, 15) is 25.8 Å². The second-order valence-corrected chi connectivity index (χ2v) is 4.36. The fourth-order valence-corrected chi connectivity index (χ4v) is 1.50. The molecule has 0 saturated carbocycles. The topological polar surface area (TPSA) is 60.2 Å². The summed E-state index contributed by atoms with van der Waals surface area (Å²) in [6, 6.07) is 1.28. The summed E-state index contributed by atoms with van der Waals surface area (Å²) in [6.07, 6.45) is 0. The number of hydrogen-bond acceptors (Lipinski definition) is 2. The predicted octanol–water partition coefficient (Wildman–Crippen LogP) is -2.47. The van der Waals surface area contributed by atoms with Crippen LogP contribution in [0.5, 0.6) is 0 Å². The molecule has 1 aromatic rings. The summed E-state index contributed by atoms with van der Waals surface area (Å²) < 4.78 is 70.8. The molecule has 0 spiro atoms. The number of hydrogen-bond donors (Lipinski definition) is 1. The second kappa shape index (κ2) is 5.46. The number of primary sulfonamides is 1. The molecule has 1 rings (SSSR count). The molecule has 84 valence electrons. The maximum atomic E-state index is 12.7. The fourth-order valence-electron chi connectivity index (χ4n) is 0.950. The van der Waals surface area contributed by atoms with Gasteiger partial charge in [0, 0.05) is 0 Å². The first-order valence-electron chi connectivity index (χ1n) is 3.64. The number of benzene rings is 1. The molecule has 0 aromatic heterocycles. The average molecular weight is 281 g/mol. The molecule has 0 saturated heterocycles. The van der Waals surface area contributed by atoms with Gasteiger partial charge in [-0.3, -0.25) is 0 Å². The van der Waals surface area contributed by atoms with E-state index in [2.05, 4.69) is 5.14 Å². The van der Waals surface area contributed by atoms with Gasteiger partial charge < -0.3 is 12.9 Å². The molecular formula is C6H5BF4KNO2S. The molecule has 2 N–H and O–H groups in total. The Bertz CT molecular complexity index is 490. The third-order valence-corrected chi connectivity index (χ3v) is 2.56. The third kappa shape index (κ3) is 4.09. The summed E-state index contributed by atoms with van der Waals surface area (Å²) in [6.45, 7) is -5.60. The molecule has 0 unspecified atom stereocenters. The Balaban J connectivity index is 0.00000225. The number of nitrogens with two attached hydrogens (primary N) is 1. The van der Waals surface area contributed by atoms with Crippen LogP contribution < -0.4 is 62.0 Å². The summed E-state index contributed by atoms with van der Waals surface area (Å²) in [5, 5.41) is 4.61. The molecule has 10 heteroatoms. The van der Waals surface area contributed by atoms with Crippen LogP contribution in [0.2, 0.25) is 0 Å². The first-order chi connectivity index (χ1) is 6.62. The number of halogens is 4. The summed E-state index contributed by atoms with van der Waals surface area (Å²) in [7, 11) is -4.26. The van der Waals surface area contributed by atoms with Crippen molar-refractivity contribution >= 4 is 22.5 Å². The Hall–Kier alpha value is 0.551. The van der Waals surface area contributed by atoms with Gasteiger partial charge in [0.2, 0.25) is 10.0 Å². The largest absolute Gasteiger partial charge is 1.00 e. The molecule has 0 aliphatic heterocycles. The molecule has 0 bridgehead atoms. The minimum atomic E-state index is -5.60. The molecular weight excluding hydrogens is 276 g/mol. The minimum absolute atomic E-state index is 0. The van der Waals surface area contributed by atoms with Crippen molar-refractivity contribution in [2.45, 2.75) is 4.90 Å². The molecule has 3 nitrogen and oxygen atoms in total. The maximum absolute atomic E-state index is 12.7. The Morgan fingerprint density at radius 2 is 1.69 bits per heavy atom. The summed E-state index contributed by atoms with van der Waals surface area (Å²) >= 11 is 0. The van der Waals surface area contributed by atoms with Gasteiger partial charge in [-0.25, -0.2) is 17.9 Å². The van der Waals surface area contributed by atoms with Crippen molar-refractivity contribution in [3.63, 3.8) is 0 Å². The summed E-state index contributed by atoms with van der Waals surface area (Å²) in [5.41, 5.74) is -1.60. The van der Waals surface area contributed by atoms with Crippen molar-refractivity contribution in [1.82, 2.24) is 0 Å². The first-order valence-corrected chi connectivity index (χ1v) is 5.19. The van der Waals surface area contributed by atoms with E-state index in [0.717, 1.165) is 0 Å². The smallest absolute Gasteiger partial charge is 0.445 e. The van der Waals surface area contributed by atoms with Gasteiger partial charge in [0.25, 0.3) is 0 Å². The van der Waals surface area contributed by atoms with Crippen LogP contribution in [0, 0.1) is 5.82 Å². The van der Waals surface area contributed by atoms with Crippen LogP contribution in [0.4, 0.5) is 17.3 Å². The monoisotopic (exact) mass is 281 g/mol. The standard InChI is InChI=1S/C6H5BF4NO2S.K/c8-6-2-1-4(15(12,13)14)3-5(6)7(9,10)11;/h1-3H,(H2,12,13,14);/q-1;+1. The molecule has 16 heavy (non-hydrogen) atoms. The number of sulfonamides is 1. The Morgan fingerprint density at radius 3 is 2.06 bits per heavy atom. The molecule has 0 heterocycles. The normalized spacial score (nSPS) is 12.1. The quantitative estimate of drug-likeness (QED) is 0.482. The maximum Gasteiger partial charge on any atom is 1.00 e. The Morgan fingerprint density at radius 1 is 1.19 bits per heavy atom. The molecule has 0 aliphatic rings. The van der Waals surface area contributed by atoms with Crippen LogP contribution in [0.3, 0.4) is 0 Å². The van der Waals surface area contributed by atoms with Crippen LogP contribution in [0.25, 0.3) is 0 Å². The van der Waals surface area contributed by atoms with E-state index in [-0.39, 0.29) is 57.5 Å². The van der Waals surface area contributed by atoms with Gasteiger partial charge in [-0.05, 0) is 12.1 Å². The molecule has 1 aromatic carbocycles. The van der Waals surface area contributed by atoms with E-state index in [1.807, 2.05) is 0 Å². The van der Waals surface area contributed by atoms with Gasteiger partial charge in [0.15, 0.2) is 0 Å². The van der Waals surface area contributed by atoms with Gasteiger partial charge in [-0.15, -0.1) is 0 Å². The first kappa shape index (κ1) is 16.6. The van der Waals surface area contributed by atoms with Crippen molar-refractivity contribution in [2.75, 3.05) is 0 Å². The van der Waals surface area contributed by atoms with Crippen LogP contribution in [-0.2, 0) is 10.0 Å². The molecule has 0 atom stereocenters. The van der Waals surface area contributed by atoms with Gasteiger partial charge >= 0.3 is 58.4 Å². The zero-order valence-corrected chi connectivity index (χ0v) is 12.1. The van der Waals surface area contributed by atoms with Crippen LogP contribution >= 0.6 is 0 Å². The molecule has 0 aliphatic carbocycles. The van der Waals surface area contributed by atoms with Crippen molar-refractivity contribution in [2.24, 2.45) is 5.14 Å². The van der Waals surface area contributed by atoms with Gasteiger partial charge in [0.05, 0.1) is 10.7 Å². The fraction of sp³-hybridized carbons (Fsp3) is 0. The van der Waals surface area contributed by atoms with Gasteiger partial charge in [-0.1, -0.05) is 11.5 Å². The van der Waals surface area contributed by atoms with Crippen LogP contribution in [0.15, 0.2) is 23.1 Å². The third-order valence-electron chi connectivity index (χ3n) is 1.65. The van der Waals surface area contributed by atoms with E-state index in [1.54, 1.807) is 0 Å². The van der Waals surface area contributed by atoms with Crippen molar-refractivity contribution in [1.29, 1.82) is 0 Å². The van der Waals surface area contributed by atoms with E-state index in [1.165, 1.54) is 0 Å². The van der Waals surface area contributed by atoms with Crippen LogP contribution in [-0.4, -0.2) is 15.4 Å². The van der Waals surface area contributed by atoms with Crippen molar-refractivity contribution in [3.05, 3.63) is 24.0 Å². The van der Waals surface area contributed by atoms with E-state index in [0.29, 0.717) is 12.1 Å². The molecule has 0 amide bonds. The second-order valence-electron chi connectivity index (χ2n) is 2.80. The van der Waals surface area contributed by atoms with Gasteiger partial charge in [0.1, 0.15) is 0 Å². The molecule has 0 radical (unpaired) electrons. The Kier molecular flexibility index (Phi) is 5.65. The zero-order chi connectivity index (χ0) is 11.9. The zero-order valence-electron chi connectivity index (χ0n) is 8.12. The van der Waals surface area contributed by atoms with Gasteiger partial charge in [-0.2, -0.15) is 0 Å². The van der Waals surface area contributed by atoms with E-state index in [4.69, 9.17) is 0 Å². The average Bonchev–Trinajstić information content (AvgIpc) is 2.00. The summed E-state index contributed by atoms with van der Waals surface area (Å²) in [5.74, 6) is -1.52. The van der Waals surface area contributed by atoms with Crippen molar-refractivity contribution < 1.29 is 77.1 Å². The molecule has 0 fully saturated rings.